The maximum absolute atomic E-state index is 10.2. The highest BCUT2D eigenvalue weighted by molar-refractivity contribution is 6.17. The first-order chi connectivity index (χ1) is 24.7. The fraction of sp³-hybridized carbons (Fsp3) is 0. The molecule has 9 rings (SSSR count). The lowest BCUT2D eigenvalue weighted by atomic mass is 9.92. The van der Waals surface area contributed by atoms with Gasteiger partial charge in [0.2, 0.25) is 0 Å². The Morgan fingerprint density at radius 1 is 0.380 bits per heavy atom. The first-order valence-corrected chi connectivity index (χ1v) is 16.3. The van der Waals surface area contributed by atoms with Crippen molar-refractivity contribution in [1.29, 1.82) is 15.8 Å². The molecule has 0 amide bonds. The van der Waals surface area contributed by atoms with Crippen LogP contribution in [0.3, 0.4) is 0 Å². The van der Waals surface area contributed by atoms with Crippen LogP contribution in [0.1, 0.15) is 16.7 Å². The number of benzene rings is 7. The molecule has 0 saturated carbocycles. The van der Waals surface area contributed by atoms with Gasteiger partial charge in [0.25, 0.3) is 0 Å². The molecule has 2 aromatic heterocycles. The highest BCUT2D eigenvalue weighted by atomic mass is 15.0. The third-order valence-corrected chi connectivity index (χ3v) is 9.62. The van der Waals surface area contributed by atoms with Crippen LogP contribution < -0.4 is 0 Å². The molecule has 0 saturated heterocycles. The van der Waals surface area contributed by atoms with Gasteiger partial charge in [-0.2, -0.15) is 15.8 Å². The summed E-state index contributed by atoms with van der Waals surface area (Å²) in [7, 11) is 0. The Labute approximate surface area is 287 Å². The fourth-order valence-corrected chi connectivity index (χ4v) is 7.54. The summed E-state index contributed by atoms with van der Waals surface area (Å²) in [6.07, 6.45) is 0. The highest BCUT2D eigenvalue weighted by Crippen LogP contribution is 2.45. The van der Waals surface area contributed by atoms with E-state index >= 15 is 0 Å². The number of para-hydroxylation sites is 4. The van der Waals surface area contributed by atoms with E-state index in [1.165, 1.54) is 0 Å². The van der Waals surface area contributed by atoms with Gasteiger partial charge in [-0.25, -0.2) is 0 Å². The van der Waals surface area contributed by atoms with E-state index in [2.05, 4.69) is 106 Å². The van der Waals surface area contributed by atoms with E-state index in [4.69, 9.17) is 0 Å². The van der Waals surface area contributed by atoms with Crippen LogP contribution in [0.15, 0.2) is 152 Å². The van der Waals surface area contributed by atoms with E-state index in [0.29, 0.717) is 16.7 Å². The lowest BCUT2D eigenvalue weighted by molar-refractivity contribution is 1.17. The quantitative estimate of drug-likeness (QED) is 0.193. The number of rotatable bonds is 4. The summed E-state index contributed by atoms with van der Waals surface area (Å²) in [6, 6.07) is 57.8. The van der Waals surface area contributed by atoms with Crippen LogP contribution in [-0.2, 0) is 0 Å². The van der Waals surface area contributed by atoms with Crippen LogP contribution in [0, 0.1) is 34.0 Å². The average molecular weight is 636 g/mol. The number of nitriles is 3. The van der Waals surface area contributed by atoms with Gasteiger partial charge in [-0.1, -0.05) is 97.1 Å². The summed E-state index contributed by atoms with van der Waals surface area (Å²) in [5.74, 6) is 0. The summed E-state index contributed by atoms with van der Waals surface area (Å²) in [6.45, 7) is 0. The van der Waals surface area contributed by atoms with Gasteiger partial charge in [0, 0.05) is 38.4 Å². The topological polar surface area (TPSA) is 81.2 Å². The van der Waals surface area contributed by atoms with E-state index in [0.717, 1.165) is 77.2 Å². The average Bonchev–Trinajstić information content (AvgIpc) is 3.70. The van der Waals surface area contributed by atoms with E-state index in [9.17, 15) is 15.8 Å². The fourth-order valence-electron chi connectivity index (χ4n) is 7.54. The molecule has 0 aliphatic carbocycles. The molecule has 0 atom stereocenters. The van der Waals surface area contributed by atoms with Crippen molar-refractivity contribution >= 4 is 43.6 Å². The molecule has 0 bridgehead atoms. The molecule has 230 valence electrons. The Bertz CT molecular complexity index is 2970. The van der Waals surface area contributed by atoms with Gasteiger partial charge in [0.05, 0.1) is 56.6 Å². The largest absolute Gasteiger partial charge is 0.309 e. The molecule has 7 aromatic carbocycles. The number of aromatic nitrogens is 2. The molecule has 5 heteroatoms. The van der Waals surface area contributed by atoms with Crippen molar-refractivity contribution in [2.75, 3.05) is 0 Å². The SMILES string of the molecule is N#Cc1cccc(-n2c3ccc(C#N)cc3c3cccc(-c4ccccc4-c4cccc5c6ccccc6n(-c6ccccc6C#N)c45)c32)c1. The van der Waals surface area contributed by atoms with Crippen molar-refractivity contribution in [2.24, 2.45) is 0 Å². The molecule has 0 N–H and O–H groups in total. The van der Waals surface area contributed by atoms with Crippen LogP contribution in [0.2, 0.25) is 0 Å². The summed E-state index contributed by atoms with van der Waals surface area (Å²) < 4.78 is 4.43. The van der Waals surface area contributed by atoms with E-state index in [1.54, 1.807) is 0 Å². The number of hydrogen-bond acceptors (Lipinski definition) is 3. The molecule has 50 heavy (non-hydrogen) atoms. The van der Waals surface area contributed by atoms with Gasteiger partial charge >= 0.3 is 0 Å². The zero-order valence-corrected chi connectivity index (χ0v) is 26.7. The molecule has 9 aromatic rings. The molecule has 0 radical (unpaired) electrons. The van der Waals surface area contributed by atoms with Crippen LogP contribution in [0.25, 0.3) is 77.2 Å². The van der Waals surface area contributed by atoms with Gasteiger partial charge in [-0.15, -0.1) is 0 Å². The predicted octanol–water partition coefficient (Wildman–Crippen LogP) is 10.8. The van der Waals surface area contributed by atoms with Gasteiger partial charge in [0.1, 0.15) is 6.07 Å². The van der Waals surface area contributed by atoms with Crippen molar-refractivity contribution < 1.29 is 0 Å². The number of hydrogen-bond donors (Lipinski definition) is 0. The molecule has 0 aliphatic rings. The van der Waals surface area contributed by atoms with E-state index in [-0.39, 0.29) is 0 Å². The van der Waals surface area contributed by atoms with Crippen LogP contribution in [0.4, 0.5) is 0 Å². The molecule has 0 fully saturated rings. The van der Waals surface area contributed by atoms with Crippen molar-refractivity contribution in [3.8, 4) is 51.8 Å². The molecule has 0 unspecified atom stereocenters. The first kappa shape index (κ1) is 28.8. The van der Waals surface area contributed by atoms with E-state index < -0.39 is 0 Å². The summed E-state index contributed by atoms with van der Waals surface area (Å²) in [4.78, 5) is 0. The molecule has 0 spiro atoms. The standard InChI is InChI=1S/C45H25N5/c46-26-29-10-7-12-32(24-29)49-43-23-22-30(27-47)25-40(43)39-19-9-16-36(44(39)49)33-13-2-3-14-34(33)37-17-8-18-38-35-15-4-6-21-42(35)50(45(37)38)41-20-5-1-11-31(41)28-48/h1-25H. The van der Waals surface area contributed by atoms with Crippen LogP contribution >= 0.6 is 0 Å². The third-order valence-electron chi connectivity index (χ3n) is 9.62. The maximum Gasteiger partial charge on any atom is 0.101 e. The normalized spacial score (nSPS) is 11.1. The van der Waals surface area contributed by atoms with Gasteiger partial charge in [0.15, 0.2) is 0 Å². The zero-order chi connectivity index (χ0) is 33.8. The highest BCUT2D eigenvalue weighted by Gasteiger charge is 2.22. The Balaban J connectivity index is 1.41. The van der Waals surface area contributed by atoms with Gasteiger partial charge < -0.3 is 9.13 Å². The molecular formula is C45H25N5. The minimum Gasteiger partial charge on any atom is -0.309 e. The Hall–Kier alpha value is -7.39. The molecule has 0 aliphatic heterocycles. The van der Waals surface area contributed by atoms with Crippen molar-refractivity contribution in [2.45, 2.75) is 0 Å². The van der Waals surface area contributed by atoms with Crippen LogP contribution in [-0.4, -0.2) is 9.13 Å². The van der Waals surface area contributed by atoms with Crippen molar-refractivity contribution in [3.05, 3.63) is 168 Å². The lowest BCUT2D eigenvalue weighted by Crippen LogP contribution is -1.99. The number of nitrogens with zero attached hydrogens (tertiary/aromatic N) is 5. The van der Waals surface area contributed by atoms with Crippen molar-refractivity contribution in [1.82, 2.24) is 9.13 Å². The van der Waals surface area contributed by atoms with Crippen molar-refractivity contribution in [3.63, 3.8) is 0 Å². The molecule has 2 heterocycles. The van der Waals surface area contributed by atoms with Crippen LogP contribution in [0.5, 0.6) is 0 Å². The van der Waals surface area contributed by atoms with E-state index in [1.807, 2.05) is 72.8 Å². The first-order valence-electron chi connectivity index (χ1n) is 16.3. The zero-order valence-electron chi connectivity index (χ0n) is 26.7. The second kappa shape index (κ2) is 11.4. The second-order valence-corrected chi connectivity index (χ2v) is 12.3. The number of fused-ring (bicyclic) bond motifs is 6. The lowest BCUT2D eigenvalue weighted by Gasteiger charge is -2.17. The second-order valence-electron chi connectivity index (χ2n) is 12.3. The Morgan fingerprint density at radius 2 is 0.940 bits per heavy atom. The Kier molecular flexibility index (Phi) is 6.56. The summed E-state index contributed by atoms with van der Waals surface area (Å²) >= 11 is 0. The third kappa shape index (κ3) is 4.24. The predicted molar refractivity (Wildman–Crippen MR) is 200 cm³/mol. The summed E-state index contributed by atoms with van der Waals surface area (Å²) in [5, 5.41) is 34.0. The monoisotopic (exact) mass is 635 g/mol. The Morgan fingerprint density at radius 3 is 1.68 bits per heavy atom. The molecule has 5 nitrogen and oxygen atoms in total. The minimum atomic E-state index is 0.571. The summed E-state index contributed by atoms with van der Waals surface area (Å²) in [5.41, 5.74) is 11.6. The molecular weight excluding hydrogens is 611 g/mol. The van der Waals surface area contributed by atoms with Gasteiger partial charge in [-0.05, 0) is 65.7 Å². The smallest absolute Gasteiger partial charge is 0.101 e. The minimum absolute atomic E-state index is 0.571. The maximum atomic E-state index is 10.2. The van der Waals surface area contributed by atoms with Gasteiger partial charge in [-0.3, -0.25) is 0 Å².